The van der Waals surface area contributed by atoms with E-state index in [9.17, 15) is 4.79 Å². The van der Waals surface area contributed by atoms with Crippen LogP contribution in [0.5, 0.6) is 0 Å². The second kappa shape index (κ2) is 11.8. The lowest BCUT2D eigenvalue weighted by atomic mass is 10.1. The van der Waals surface area contributed by atoms with Gasteiger partial charge in [0.2, 0.25) is 5.76 Å². The molecule has 0 spiro atoms. The standard InChI is InChI=1S/C24H38N4O2S/c1-4-19-9-5-8-12-21(19)26-24(29)23(30-20-10-6-7-11-20)22(17-25)27-13-15-28(16-14-27)31-18(2)3/h5,8-9,12,18,20H,4,6-7,10-11,13-17,25H2,1-3H3,(H,26,29)/p+1/b23-22-. The van der Waals surface area contributed by atoms with Gasteiger partial charge >= 0.3 is 0 Å². The number of anilines is 1. The molecule has 0 radical (unpaired) electrons. The van der Waals surface area contributed by atoms with Crippen LogP contribution in [-0.4, -0.2) is 59.2 Å². The maximum absolute atomic E-state index is 13.4. The monoisotopic (exact) mass is 447 g/mol. The van der Waals surface area contributed by atoms with Crippen LogP contribution in [0.15, 0.2) is 35.7 Å². The Labute approximate surface area is 191 Å². The van der Waals surface area contributed by atoms with Crippen molar-refractivity contribution in [1.82, 2.24) is 9.21 Å². The number of carbonyl (C=O) groups excluding carboxylic acids is 1. The van der Waals surface area contributed by atoms with Crippen molar-refractivity contribution in [3.05, 3.63) is 41.3 Å². The Hall–Kier alpha value is -1.70. The summed E-state index contributed by atoms with van der Waals surface area (Å²) in [6.45, 7) is 10.5. The number of amides is 1. The molecule has 3 rings (SSSR count). The van der Waals surface area contributed by atoms with Crippen LogP contribution < -0.4 is 11.1 Å². The molecule has 1 amide bonds. The van der Waals surface area contributed by atoms with Crippen LogP contribution in [0.3, 0.4) is 0 Å². The highest BCUT2D eigenvalue weighted by Gasteiger charge is 2.30. The Morgan fingerprint density at radius 1 is 1.19 bits per heavy atom. The lowest BCUT2D eigenvalue weighted by Gasteiger charge is -2.35. The number of hydrogen-bond donors (Lipinski definition) is 2. The number of thiol groups is 1. The lowest BCUT2D eigenvalue weighted by molar-refractivity contribution is -0.117. The molecule has 1 aliphatic carbocycles. The average molecular weight is 448 g/mol. The van der Waals surface area contributed by atoms with Gasteiger partial charge < -0.3 is 20.7 Å². The molecule has 0 bridgehead atoms. The van der Waals surface area contributed by atoms with Gasteiger partial charge in [-0.1, -0.05) is 25.1 Å². The Morgan fingerprint density at radius 2 is 1.87 bits per heavy atom. The van der Waals surface area contributed by atoms with Gasteiger partial charge in [0.25, 0.3) is 5.91 Å². The molecule has 1 aliphatic heterocycles. The zero-order valence-corrected chi connectivity index (χ0v) is 20.2. The maximum Gasteiger partial charge on any atom is 0.292 e. The third-order valence-corrected chi connectivity index (χ3v) is 7.12. The van der Waals surface area contributed by atoms with Crippen molar-refractivity contribution in [3.8, 4) is 0 Å². The van der Waals surface area contributed by atoms with E-state index in [0.717, 1.165) is 75.2 Å². The second-order valence-electron chi connectivity index (χ2n) is 8.62. The molecule has 1 aromatic rings. The molecule has 2 fully saturated rings. The molecule has 7 heteroatoms. The average Bonchev–Trinajstić information content (AvgIpc) is 3.28. The summed E-state index contributed by atoms with van der Waals surface area (Å²) >= 11 is 1.37. The van der Waals surface area contributed by atoms with E-state index < -0.39 is 0 Å². The highest BCUT2D eigenvalue weighted by molar-refractivity contribution is 7.76. The molecular formula is C24H39N4O2S+. The number of nitrogens with one attached hydrogen (secondary N) is 1. The van der Waals surface area contributed by atoms with E-state index in [1.807, 2.05) is 24.3 Å². The Balaban J connectivity index is 1.81. The summed E-state index contributed by atoms with van der Waals surface area (Å²) in [5.74, 6) is 0.228. The molecule has 1 heterocycles. The molecule has 0 atom stereocenters. The smallest absolute Gasteiger partial charge is 0.292 e. The zero-order valence-electron chi connectivity index (χ0n) is 19.3. The predicted molar refractivity (Wildman–Crippen MR) is 131 cm³/mol. The highest BCUT2D eigenvalue weighted by Crippen LogP contribution is 2.27. The quantitative estimate of drug-likeness (QED) is 0.263. The van der Waals surface area contributed by atoms with E-state index in [0.29, 0.717) is 17.6 Å². The van der Waals surface area contributed by atoms with Crippen molar-refractivity contribution < 1.29 is 9.53 Å². The van der Waals surface area contributed by atoms with Gasteiger partial charge in [0, 0.05) is 25.3 Å². The number of nitrogens with two attached hydrogens (primary N) is 1. The van der Waals surface area contributed by atoms with Crippen LogP contribution in [0.4, 0.5) is 5.69 Å². The number of ether oxygens (including phenoxy) is 1. The van der Waals surface area contributed by atoms with Crippen LogP contribution in [0.2, 0.25) is 0 Å². The molecule has 1 aromatic carbocycles. The summed E-state index contributed by atoms with van der Waals surface area (Å²) in [7, 11) is 0. The SMILES string of the molecule is CCc1ccccc1NC(=O)/C(OC1CCCC1)=C(\CN)N1CCN([SH+]C(C)C)CC1. The highest BCUT2D eigenvalue weighted by atomic mass is 32.2. The number of piperazine rings is 1. The summed E-state index contributed by atoms with van der Waals surface area (Å²) in [4.78, 5) is 15.7. The fraction of sp³-hybridized carbons (Fsp3) is 0.625. The number of para-hydroxylation sites is 1. The summed E-state index contributed by atoms with van der Waals surface area (Å²) in [6, 6.07) is 7.96. The largest absolute Gasteiger partial charge is 0.483 e. The molecule has 31 heavy (non-hydrogen) atoms. The number of aryl methyl sites for hydroxylation is 1. The Kier molecular flexibility index (Phi) is 9.11. The first-order chi connectivity index (χ1) is 15.0. The lowest BCUT2D eigenvalue weighted by Crippen LogP contribution is -2.48. The number of rotatable bonds is 9. The first-order valence-corrected chi connectivity index (χ1v) is 12.6. The second-order valence-corrected chi connectivity index (χ2v) is 10.4. The van der Waals surface area contributed by atoms with Gasteiger partial charge in [-0.3, -0.25) is 4.79 Å². The molecule has 0 unspecified atom stereocenters. The van der Waals surface area contributed by atoms with Crippen LogP contribution in [-0.2, 0) is 27.9 Å². The van der Waals surface area contributed by atoms with Gasteiger partial charge in [0.1, 0.15) is 5.25 Å². The van der Waals surface area contributed by atoms with E-state index in [-0.39, 0.29) is 12.0 Å². The van der Waals surface area contributed by atoms with Gasteiger partial charge in [0.15, 0.2) is 0 Å². The van der Waals surface area contributed by atoms with Crippen LogP contribution in [0.1, 0.15) is 52.0 Å². The van der Waals surface area contributed by atoms with Crippen molar-refractivity contribution in [2.75, 3.05) is 38.0 Å². The molecule has 172 valence electrons. The Morgan fingerprint density at radius 3 is 2.48 bits per heavy atom. The van der Waals surface area contributed by atoms with Gasteiger partial charge in [-0.15, -0.1) is 4.31 Å². The summed E-state index contributed by atoms with van der Waals surface area (Å²) in [5, 5.41) is 3.74. The third-order valence-electron chi connectivity index (χ3n) is 5.93. The maximum atomic E-state index is 13.4. The first kappa shape index (κ1) is 24.0. The zero-order chi connectivity index (χ0) is 22.2. The van der Waals surface area contributed by atoms with Gasteiger partial charge in [-0.2, -0.15) is 0 Å². The van der Waals surface area contributed by atoms with Gasteiger partial charge in [-0.05, 0) is 57.6 Å². The molecule has 1 saturated carbocycles. The number of carbonyl (C=O) groups is 1. The minimum Gasteiger partial charge on any atom is -0.483 e. The fourth-order valence-corrected chi connectivity index (χ4v) is 5.39. The van der Waals surface area contributed by atoms with Gasteiger partial charge in [0.05, 0.1) is 36.8 Å². The van der Waals surface area contributed by atoms with Crippen LogP contribution >= 0.6 is 0 Å². The topological polar surface area (TPSA) is 70.8 Å². The molecule has 3 N–H and O–H groups in total. The molecule has 6 nitrogen and oxygen atoms in total. The number of hydrogen-bond acceptors (Lipinski definition) is 5. The Bertz CT molecular complexity index is 754. The molecule has 2 aliphatic rings. The molecule has 0 aromatic heterocycles. The number of benzene rings is 1. The molecule has 1 saturated heterocycles. The van der Waals surface area contributed by atoms with E-state index in [2.05, 4.69) is 35.3 Å². The normalized spacial score (nSPS) is 18.9. The van der Waals surface area contributed by atoms with Crippen molar-refractivity contribution in [2.45, 2.75) is 64.2 Å². The fourth-order valence-electron chi connectivity index (χ4n) is 4.33. The van der Waals surface area contributed by atoms with Crippen molar-refractivity contribution >= 4 is 23.5 Å². The summed E-state index contributed by atoms with van der Waals surface area (Å²) < 4.78 is 8.81. The molecular weight excluding hydrogens is 408 g/mol. The van der Waals surface area contributed by atoms with Crippen LogP contribution in [0.25, 0.3) is 0 Å². The van der Waals surface area contributed by atoms with E-state index in [1.54, 1.807) is 0 Å². The van der Waals surface area contributed by atoms with E-state index >= 15 is 0 Å². The van der Waals surface area contributed by atoms with Gasteiger partial charge in [-0.25, -0.2) is 0 Å². The minimum absolute atomic E-state index is 0.101. The van der Waals surface area contributed by atoms with Crippen molar-refractivity contribution in [1.29, 1.82) is 0 Å². The third kappa shape index (κ3) is 6.64. The predicted octanol–water partition coefficient (Wildman–Crippen LogP) is 3.07. The minimum atomic E-state index is -0.184. The van der Waals surface area contributed by atoms with Crippen LogP contribution in [0, 0.1) is 0 Å². The summed E-state index contributed by atoms with van der Waals surface area (Å²) in [5.41, 5.74) is 9.00. The first-order valence-electron chi connectivity index (χ1n) is 11.7. The van der Waals surface area contributed by atoms with E-state index in [1.165, 1.54) is 11.9 Å². The number of nitrogens with zero attached hydrogens (tertiary/aromatic N) is 2. The van der Waals surface area contributed by atoms with Crippen molar-refractivity contribution in [3.63, 3.8) is 0 Å². The van der Waals surface area contributed by atoms with E-state index in [4.69, 9.17) is 10.5 Å². The van der Waals surface area contributed by atoms with Crippen molar-refractivity contribution in [2.24, 2.45) is 5.73 Å². The summed E-state index contributed by atoms with van der Waals surface area (Å²) in [6.07, 6.45) is 5.28.